The summed E-state index contributed by atoms with van der Waals surface area (Å²) in [5.74, 6) is 0.185. The van der Waals surface area contributed by atoms with Crippen LogP contribution < -0.4 is 4.90 Å². The van der Waals surface area contributed by atoms with Crippen LogP contribution in [0.25, 0.3) is 11.4 Å². The summed E-state index contributed by atoms with van der Waals surface area (Å²) in [5.41, 5.74) is 0.877. The minimum atomic E-state index is -0.643. The summed E-state index contributed by atoms with van der Waals surface area (Å²) < 4.78 is 19.8. The maximum Gasteiger partial charge on any atom is 0.295 e. The molecule has 1 fully saturated rings. The van der Waals surface area contributed by atoms with Crippen molar-refractivity contribution in [2.75, 3.05) is 11.4 Å². The van der Waals surface area contributed by atoms with Gasteiger partial charge >= 0.3 is 0 Å². The van der Waals surface area contributed by atoms with Crippen LogP contribution >= 0.6 is 15.9 Å². The van der Waals surface area contributed by atoms with E-state index in [1.54, 1.807) is 0 Å². The Balaban J connectivity index is 1.69. The Hall–Kier alpha value is -2.81. The molecule has 0 bridgehead atoms. The molecule has 0 amide bonds. The zero-order valence-electron chi connectivity index (χ0n) is 14.0. The van der Waals surface area contributed by atoms with E-state index < -0.39 is 10.7 Å². The lowest BCUT2D eigenvalue weighted by Gasteiger charge is -2.23. The quantitative estimate of drug-likeness (QED) is 0.430. The molecule has 27 heavy (non-hydrogen) atoms. The molecule has 3 aromatic rings. The third-order valence-electron chi connectivity index (χ3n) is 4.54. The van der Waals surface area contributed by atoms with Gasteiger partial charge in [-0.05, 0) is 37.1 Å². The number of nitrogens with zero attached hydrogens (tertiary/aromatic N) is 4. The molecule has 0 saturated carbocycles. The maximum atomic E-state index is 13.5. The Morgan fingerprint density at radius 1 is 1.30 bits per heavy atom. The molecular formula is C18H14BrFN4O3. The van der Waals surface area contributed by atoms with Crippen LogP contribution in [0.2, 0.25) is 0 Å². The smallest absolute Gasteiger partial charge is 0.295 e. The van der Waals surface area contributed by atoms with Crippen LogP contribution in [0, 0.1) is 15.9 Å². The molecule has 0 N–H and O–H groups in total. The molecule has 0 radical (unpaired) electrons. The van der Waals surface area contributed by atoms with E-state index >= 15 is 0 Å². The van der Waals surface area contributed by atoms with Crippen molar-refractivity contribution in [3.05, 3.63) is 68.8 Å². The SMILES string of the molecule is O=[N+]([O-])c1cc(F)ccc1N1CCCC1c1nc(-c2ccccc2Br)no1. The van der Waals surface area contributed by atoms with Gasteiger partial charge in [-0.3, -0.25) is 10.1 Å². The van der Waals surface area contributed by atoms with E-state index in [1.807, 2.05) is 29.2 Å². The number of rotatable bonds is 4. The number of nitro benzene ring substituents is 1. The van der Waals surface area contributed by atoms with E-state index in [0.717, 1.165) is 22.5 Å². The zero-order chi connectivity index (χ0) is 19.0. The highest BCUT2D eigenvalue weighted by Crippen LogP contribution is 2.40. The van der Waals surface area contributed by atoms with Crippen molar-refractivity contribution in [2.45, 2.75) is 18.9 Å². The highest BCUT2D eigenvalue weighted by molar-refractivity contribution is 9.10. The predicted octanol–water partition coefficient (Wildman–Crippen LogP) is 4.89. The first-order valence-corrected chi connectivity index (χ1v) is 9.13. The second kappa shape index (κ2) is 7.07. The summed E-state index contributed by atoms with van der Waals surface area (Å²) in [6.45, 7) is 0.587. The Morgan fingerprint density at radius 2 is 2.11 bits per heavy atom. The first-order chi connectivity index (χ1) is 13.0. The van der Waals surface area contributed by atoms with Crippen molar-refractivity contribution in [3.63, 3.8) is 0 Å². The third kappa shape index (κ3) is 3.30. The van der Waals surface area contributed by atoms with E-state index in [0.29, 0.717) is 30.4 Å². The fourth-order valence-electron chi connectivity index (χ4n) is 3.32. The van der Waals surface area contributed by atoms with Gasteiger partial charge in [0.05, 0.1) is 11.0 Å². The van der Waals surface area contributed by atoms with Crippen LogP contribution in [0.3, 0.4) is 0 Å². The second-order valence-electron chi connectivity index (χ2n) is 6.18. The van der Waals surface area contributed by atoms with Gasteiger partial charge in [-0.15, -0.1) is 0 Å². The first kappa shape index (κ1) is 17.6. The van der Waals surface area contributed by atoms with E-state index in [4.69, 9.17) is 4.52 Å². The molecular weight excluding hydrogens is 419 g/mol. The average molecular weight is 433 g/mol. The second-order valence-corrected chi connectivity index (χ2v) is 7.03. The largest absolute Gasteiger partial charge is 0.354 e. The summed E-state index contributed by atoms with van der Waals surface area (Å²) in [4.78, 5) is 17.1. The fourth-order valence-corrected chi connectivity index (χ4v) is 3.78. The van der Waals surface area contributed by atoms with E-state index in [1.165, 1.54) is 12.1 Å². The van der Waals surface area contributed by atoms with Crippen molar-refractivity contribution in [2.24, 2.45) is 0 Å². The number of aromatic nitrogens is 2. The lowest BCUT2D eigenvalue weighted by molar-refractivity contribution is -0.384. The van der Waals surface area contributed by atoms with Crippen LogP contribution in [0.15, 0.2) is 51.5 Å². The molecule has 1 aliphatic heterocycles. The van der Waals surface area contributed by atoms with Crippen molar-refractivity contribution >= 4 is 27.3 Å². The maximum absolute atomic E-state index is 13.5. The Morgan fingerprint density at radius 3 is 2.89 bits per heavy atom. The molecule has 7 nitrogen and oxygen atoms in total. The lowest BCUT2D eigenvalue weighted by Crippen LogP contribution is -2.23. The van der Waals surface area contributed by atoms with Crippen molar-refractivity contribution < 1.29 is 13.8 Å². The van der Waals surface area contributed by atoms with Crippen molar-refractivity contribution in [1.82, 2.24) is 10.1 Å². The van der Waals surface area contributed by atoms with E-state index in [-0.39, 0.29) is 11.7 Å². The molecule has 9 heteroatoms. The summed E-state index contributed by atoms with van der Waals surface area (Å²) in [6, 6.07) is 10.8. The van der Waals surface area contributed by atoms with Gasteiger partial charge in [-0.1, -0.05) is 33.2 Å². The minimum Gasteiger partial charge on any atom is -0.354 e. The van der Waals surface area contributed by atoms with Gasteiger partial charge in [0.15, 0.2) is 0 Å². The number of hydrogen-bond donors (Lipinski definition) is 0. The summed E-state index contributed by atoms with van der Waals surface area (Å²) in [7, 11) is 0. The number of benzene rings is 2. The summed E-state index contributed by atoms with van der Waals surface area (Å²) in [5, 5.41) is 15.4. The standard InChI is InChI=1S/C18H14BrFN4O3/c19-13-5-2-1-4-12(13)17-21-18(27-22-17)15-6-3-9-23(15)14-8-7-11(20)10-16(14)24(25)26/h1-2,4-5,7-8,10,15H,3,6,9H2. The minimum absolute atomic E-state index is 0.271. The molecule has 138 valence electrons. The first-order valence-electron chi connectivity index (χ1n) is 8.33. The molecule has 2 heterocycles. The Bertz CT molecular complexity index is 1010. The highest BCUT2D eigenvalue weighted by Gasteiger charge is 2.34. The highest BCUT2D eigenvalue weighted by atomic mass is 79.9. The van der Waals surface area contributed by atoms with Crippen LogP contribution in [-0.2, 0) is 0 Å². The molecule has 4 rings (SSSR count). The van der Waals surface area contributed by atoms with Gasteiger partial charge < -0.3 is 9.42 Å². The summed E-state index contributed by atoms with van der Waals surface area (Å²) >= 11 is 3.46. The number of anilines is 1. The molecule has 0 spiro atoms. The molecule has 1 saturated heterocycles. The zero-order valence-corrected chi connectivity index (χ0v) is 15.6. The normalized spacial score (nSPS) is 16.7. The molecule has 1 aliphatic rings. The van der Waals surface area contributed by atoms with E-state index in [9.17, 15) is 14.5 Å². The average Bonchev–Trinajstić information content (AvgIpc) is 3.31. The predicted molar refractivity (Wildman–Crippen MR) is 99.8 cm³/mol. The van der Waals surface area contributed by atoms with Gasteiger partial charge in [-0.25, -0.2) is 4.39 Å². The van der Waals surface area contributed by atoms with Gasteiger partial charge in [0.2, 0.25) is 11.7 Å². The van der Waals surface area contributed by atoms with Crippen LogP contribution in [-0.4, -0.2) is 21.6 Å². The Kier molecular flexibility index (Phi) is 4.61. The van der Waals surface area contributed by atoms with Gasteiger partial charge in [0, 0.05) is 16.6 Å². The molecule has 2 aromatic carbocycles. The van der Waals surface area contributed by atoms with Crippen molar-refractivity contribution in [1.29, 1.82) is 0 Å². The fraction of sp³-hybridized carbons (Fsp3) is 0.222. The molecule has 1 aromatic heterocycles. The lowest BCUT2D eigenvalue weighted by atomic mass is 10.2. The Labute approximate surface area is 162 Å². The van der Waals surface area contributed by atoms with Crippen molar-refractivity contribution in [3.8, 4) is 11.4 Å². The molecule has 1 atom stereocenters. The number of nitro groups is 1. The molecule has 0 aliphatic carbocycles. The number of hydrogen-bond acceptors (Lipinski definition) is 6. The molecule has 1 unspecified atom stereocenters. The number of halogens is 2. The summed E-state index contributed by atoms with van der Waals surface area (Å²) in [6.07, 6.45) is 1.53. The third-order valence-corrected chi connectivity index (χ3v) is 5.23. The van der Waals surface area contributed by atoms with Crippen LogP contribution in [0.4, 0.5) is 15.8 Å². The van der Waals surface area contributed by atoms with Crippen LogP contribution in [0.1, 0.15) is 24.8 Å². The van der Waals surface area contributed by atoms with Gasteiger partial charge in [0.25, 0.3) is 5.69 Å². The van der Waals surface area contributed by atoms with Gasteiger partial charge in [0.1, 0.15) is 17.5 Å². The monoisotopic (exact) mass is 432 g/mol. The van der Waals surface area contributed by atoms with Gasteiger partial charge in [-0.2, -0.15) is 4.98 Å². The topological polar surface area (TPSA) is 85.3 Å². The van der Waals surface area contributed by atoms with E-state index in [2.05, 4.69) is 26.1 Å². The van der Waals surface area contributed by atoms with Crippen LogP contribution in [0.5, 0.6) is 0 Å².